The van der Waals surface area contributed by atoms with Crippen molar-refractivity contribution in [1.82, 2.24) is 0 Å². The van der Waals surface area contributed by atoms with Crippen molar-refractivity contribution in [1.29, 1.82) is 0 Å². The zero-order valence-corrected chi connectivity index (χ0v) is 43.8. The minimum atomic E-state index is -4.29. The Morgan fingerprint density at radius 2 is 0.848 bits per heavy atom. The predicted octanol–water partition coefficient (Wildman–Crippen LogP) is 17.4. The van der Waals surface area contributed by atoms with Gasteiger partial charge in [0.15, 0.2) is 0 Å². The van der Waals surface area contributed by atoms with Crippen LogP contribution < -0.4 is 5.73 Å². The van der Waals surface area contributed by atoms with Crippen LogP contribution in [0.5, 0.6) is 0 Å². The summed E-state index contributed by atoms with van der Waals surface area (Å²) >= 11 is 0. The first kappa shape index (κ1) is 63.9. The number of esters is 1. The molecule has 0 aromatic heterocycles. The molecule has 0 saturated heterocycles. The third-order valence-corrected chi connectivity index (χ3v) is 12.6. The molecule has 9 heteroatoms. The van der Waals surface area contributed by atoms with Gasteiger partial charge in [-0.05, 0) is 83.5 Å². The highest BCUT2D eigenvalue weighted by Gasteiger charge is 2.25. The summed E-state index contributed by atoms with van der Waals surface area (Å²) in [6, 6.07) is 0. The normalized spacial score (nSPS) is 13.8. The second-order valence-corrected chi connectivity index (χ2v) is 19.5. The third-order valence-electron chi connectivity index (χ3n) is 11.6. The van der Waals surface area contributed by atoms with Gasteiger partial charge in [0.25, 0.3) is 0 Å². The van der Waals surface area contributed by atoms with Crippen molar-refractivity contribution < 1.29 is 32.8 Å². The van der Waals surface area contributed by atoms with Crippen LogP contribution in [0.15, 0.2) is 72.9 Å². The third kappa shape index (κ3) is 52.9. The smallest absolute Gasteiger partial charge is 0.457 e. The Labute approximate surface area is 407 Å². The number of phosphoric acid groups is 1. The van der Waals surface area contributed by atoms with Crippen molar-refractivity contribution in [2.24, 2.45) is 5.73 Å². The molecule has 0 aliphatic rings. The lowest BCUT2D eigenvalue weighted by molar-refractivity contribution is -0.154. The molecule has 2 atom stereocenters. The molecule has 0 radical (unpaired) electrons. The molecule has 0 saturated carbocycles. The minimum absolute atomic E-state index is 0.0973. The monoisotopic (exact) mass is 946 g/mol. The molecule has 8 nitrogen and oxygen atoms in total. The van der Waals surface area contributed by atoms with Crippen molar-refractivity contribution in [3.63, 3.8) is 0 Å². The van der Waals surface area contributed by atoms with Crippen molar-refractivity contribution in [3.8, 4) is 0 Å². The van der Waals surface area contributed by atoms with Crippen molar-refractivity contribution in [2.75, 3.05) is 33.0 Å². The highest BCUT2D eigenvalue weighted by Crippen LogP contribution is 2.43. The SMILES string of the molecule is CC/C=C\C/C=C\C/C=C\C/C=C\CCCCCCCCCCCCCCCOCC(COP(=O)(O)OCCN)OC(=O)CCCCCCCCCCC/C=C\C/C=C\CCCCCCC. The lowest BCUT2D eigenvalue weighted by atomic mass is 10.0. The van der Waals surface area contributed by atoms with E-state index in [1.165, 1.54) is 161 Å². The zero-order chi connectivity index (χ0) is 48.0. The van der Waals surface area contributed by atoms with E-state index >= 15 is 0 Å². The molecule has 0 fully saturated rings. The topological polar surface area (TPSA) is 117 Å². The van der Waals surface area contributed by atoms with Crippen molar-refractivity contribution >= 4 is 13.8 Å². The molecular formula is C57H104NO7P. The zero-order valence-electron chi connectivity index (χ0n) is 42.9. The average molecular weight is 946 g/mol. The van der Waals surface area contributed by atoms with E-state index < -0.39 is 13.9 Å². The number of hydrogen-bond donors (Lipinski definition) is 2. The Kier molecular flexibility index (Phi) is 52.2. The molecule has 0 aliphatic heterocycles. The van der Waals surface area contributed by atoms with E-state index in [0.717, 1.165) is 64.2 Å². The number of rotatable bonds is 52. The number of unbranched alkanes of at least 4 members (excludes halogenated alkanes) is 27. The first-order valence-corrected chi connectivity index (χ1v) is 28.9. The summed E-state index contributed by atoms with van der Waals surface area (Å²) < 4.78 is 33.7. The minimum Gasteiger partial charge on any atom is -0.457 e. The number of nitrogens with two attached hydrogens (primary N) is 1. The Hall–Kier alpha value is -2.06. The van der Waals surface area contributed by atoms with Gasteiger partial charge in [-0.15, -0.1) is 0 Å². The Morgan fingerprint density at radius 3 is 1.27 bits per heavy atom. The van der Waals surface area contributed by atoms with Gasteiger partial charge in [-0.2, -0.15) is 0 Å². The second-order valence-electron chi connectivity index (χ2n) is 18.1. The van der Waals surface area contributed by atoms with E-state index in [1.807, 2.05) is 0 Å². The van der Waals surface area contributed by atoms with Crippen LogP contribution in [0.3, 0.4) is 0 Å². The number of allylic oxidation sites excluding steroid dienone is 12. The molecule has 0 spiro atoms. The van der Waals surface area contributed by atoms with Crippen LogP contribution in [0.2, 0.25) is 0 Å². The van der Waals surface area contributed by atoms with Gasteiger partial charge >= 0.3 is 13.8 Å². The van der Waals surface area contributed by atoms with Gasteiger partial charge in [0.05, 0.1) is 19.8 Å². The van der Waals surface area contributed by atoms with E-state index in [0.29, 0.717) is 13.0 Å². The fourth-order valence-corrected chi connectivity index (χ4v) is 8.37. The molecule has 0 heterocycles. The molecule has 0 aromatic rings. The van der Waals surface area contributed by atoms with Crippen LogP contribution in [0.25, 0.3) is 0 Å². The maximum Gasteiger partial charge on any atom is 0.472 e. The maximum absolute atomic E-state index is 12.7. The van der Waals surface area contributed by atoms with Gasteiger partial charge in [0, 0.05) is 19.6 Å². The summed E-state index contributed by atoms with van der Waals surface area (Å²) in [5, 5.41) is 0. The number of ether oxygens (including phenoxy) is 2. The molecule has 0 aromatic carbocycles. The largest absolute Gasteiger partial charge is 0.472 e. The summed E-state index contributed by atoms with van der Waals surface area (Å²) in [6.07, 6.45) is 69.4. The number of phosphoric ester groups is 1. The van der Waals surface area contributed by atoms with Crippen LogP contribution in [0.1, 0.15) is 245 Å². The van der Waals surface area contributed by atoms with Crippen molar-refractivity contribution in [3.05, 3.63) is 72.9 Å². The molecular weight excluding hydrogens is 842 g/mol. The molecule has 0 bridgehead atoms. The summed E-state index contributed by atoms with van der Waals surface area (Å²) in [4.78, 5) is 22.6. The van der Waals surface area contributed by atoms with Gasteiger partial charge in [0.1, 0.15) is 6.10 Å². The Bertz CT molecular complexity index is 1250. The Balaban J connectivity index is 3.91. The molecule has 2 unspecified atom stereocenters. The van der Waals surface area contributed by atoms with Crippen LogP contribution in [0, 0.1) is 0 Å². The fourth-order valence-electron chi connectivity index (χ4n) is 7.61. The van der Waals surface area contributed by atoms with E-state index in [9.17, 15) is 14.3 Å². The second kappa shape index (κ2) is 53.9. The van der Waals surface area contributed by atoms with Crippen LogP contribution in [0.4, 0.5) is 0 Å². The molecule has 0 aliphatic carbocycles. The predicted molar refractivity (Wildman–Crippen MR) is 284 cm³/mol. The van der Waals surface area contributed by atoms with Crippen LogP contribution >= 0.6 is 7.82 Å². The van der Waals surface area contributed by atoms with Gasteiger partial charge in [0.2, 0.25) is 0 Å². The lowest BCUT2D eigenvalue weighted by Gasteiger charge is -2.20. The Morgan fingerprint density at radius 1 is 0.470 bits per heavy atom. The standard InChI is InChI=1S/C57H104NO7P/c1-3-5-7-9-11-13-15-17-19-21-23-25-26-27-28-29-31-33-35-37-39-41-43-45-47-49-52-62-54-56(55-64-66(60,61)63-53-51-58)65-57(59)50-48-46-44-42-40-38-36-34-32-30-24-22-20-18-16-14-12-10-8-6-4-2/h5,7,11,13,16-19,22-25,56H,3-4,6,8-10,12,14-15,20-21,26-55,58H2,1-2H3,(H,60,61)/b7-5-,13-11-,18-16-,19-17-,24-22-,25-23-. The summed E-state index contributed by atoms with van der Waals surface area (Å²) in [5.74, 6) is -0.334. The first-order valence-electron chi connectivity index (χ1n) is 27.4. The highest BCUT2D eigenvalue weighted by atomic mass is 31.2. The molecule has 0 rings (SSSR count). The van der Waals surface area contributed by atoms with E-state index in [-0.39, 0.29) is 32.3 Å². The molecule has 384 valence electrons. The summed E-state index contributed by atoms with van der Waals surface area (Å²) in [6.45, 7) is 4.81. The first-order chi connectivity index (χ1) is 32.4. The highest BCUT2D eigenvalue weighted by molar-refractivity contribution is 7.47. The van der Waals surface area contributed by atoms with Gasteiger partial charge < -0.3 is 20.1 Å². The molecule has 66 heavy (non-hydrogen) atoms. The van der Waals surface area contributed by atoms with Crippen LogP contribution in [-0.4, -0.2) is 49.9 Å². The number of carbonyl (C=O) groups is 1. The number of carbonyl (C=O) groups excluding carboxylic acids is 1. The van der Waals surface area contributed by atoms with E-state index in [4.69, 9.17) is 24.3 Å². The molecule has 3 N–H and O–H groups in total. The molecule has 0 amide bonds. The van der Waals surface area contributed by atoms with Crippen molar-refractivity contribution in [2.45, 2.75) is 251 Å². The van der Waals surface area contributed by atoms with Gasteiger partial charge in [-0.3, -0.25) is 13.8 Å². The van der Waals surface area contributed by atoms with E-state index in [2.05, 4.69) is 86.8 Å². The van der Waals surface area contributed by atoms with Crippen LogP contribution in [-0.2, 0) is 27.9 Å². The fraction of sp³-hybridized carbons (Fsp3) is 0.772. The maximum atomic E-state index is 12.7. The number of hydrogen-bond acceptors (Lipinski definition) is 7. The summed E-state index contributed by atoms with van der Waals surface area (Å²) in [5.41, 5.74) is 5.40. The quantitative estimate of drug-likeness (QED) is 0.0268. The summed E-state index contributed by atoms with van der Waals surface area (Å²) in [7, 11) is -4.29. The lowest BCUT2D eigenvalue weighted by Crippen LogP contribution is -2.28. The van der Waals surface area contributed by atoms with Gasteiger partial charge in [-0.25, -0.2) is 4.57 Å². The van der Waals surface area contributed by atoms with Gasteiger partial charge in [-0.1, -0.05) is 228 Å². The average Bonchev–Trinajstić information content (AvgIpc) is 3.31. The van der Waals surface area contributed by atoms with E-state index in [1.54, 1.807) is 0 Å².